The van der Waals surface area contributed by atoms with Crippen LogP contribution in [-0.2, 0) is 4.74 Å². The maximum atomic E-state index is 12.3. The smallest absolute Gasteiger partial charge is 0.411 e. The predicted octanol–water partition coefficient (Wildman–Crippen LogP) is 4.28. The number of benzene rings is 1. The Hall–Kier alpha value is -1.55. The van der Waals surface area contributed by atoms with E-state index < -0.39 is 0 Å². The van der Waals surface area contributed by atoms with Crippen molar-refractivity contribution in [3.63, 3.8) is 0 Å². The number of hydrogen-bond donors (Lipinski definition) is 1. The van der Waals surface area contributed by atoms with E-state index in [0.717, 1.165) is 5.69 Å². The van der Waals surface area contributed by atoms with Gasteiger partial charge in [0, 0.05) is 17.6 Å². The van der Waals surface area contributed by atoms with Gasteiger partial charge in [0.1, 0.15) is 6.10 Å². The Balaban J connectivity index is 1.40. The summed E-state index contributed by atoms with van der Waals surface area (Å²) in [5.74, 6) is 1.10. The minimum absolute atomic E-state index is 0.106. The van der Waals surface area contributed by atoms with Crippen LogP contribution in [-0.4, -0.2) is 36.2 Å². The number of anilines is 1. The Kier molecular flexibility index (Phi) is 4.74. The topological polar surface area (TPSA) is 41.6 Å². The average Bonchev–Trinajstić information content (AvgIpc) is 2.87. The van der Waals surface area contributed by atoms with E-state index in [1.165, 1.54) is 58.0 Å². The lowest BCUT2D eigenvalue weighted by Gasteiger charge is -2.43. The molecule has 130 valence electrons. The fraction of sp³-hybridized carbons (Fsp3) is 0.650. The number of carbonyl (C=O) groups is 1. The van der Waals surface area contributed by atoms with Crippen LogP contribution < -0.4 is 5.32 Å². The van der Waals surface area contributed by atoms with Gasteiger partial charge in [0.2, 0.25) is 0 Å². The number of para-hydroxylation sites is 1. The van der Waals surface area contributed by atoms with Crippen molar-refractivity contribution >= 4 is 11.8 Å². The number of hydrogen-bond acceptors (Lipinski definition) is 3. The summed E-state index contributed by atoms with van der Waals surface area (Å²) >= 11 is 0. The van der Waals surface area contributed by atoms with Crippen LogP contribution in [0.5, 0.6) is 0 Å². The summed E-state index contributed by atoms with van der Waals surface area (Å²) in [5, 5.41) is 2.88. The third kappa shape index (κ3) is 3.30. The van der Waals surface area contributed by atoms with E-state index in [0.29, 0.717) is 17.9 Å². The van der Waals surface area contributed by atoms with Gasteiger partial charge in [-0.1, -0.05) is 24.6 Å². The molecule has 0 radical (unpaired) electrons. The van der Waals surface area contributed by atoms with Crippen LogP contribution in [0, 0.1) is 11.8 Å². The fourth-order valence-electron chi connectivity index (χ4n) is 5.08. The van der Waals surface area contributed by atoms with Gasteiger partial charge in [-0.25, -0.2) is 4.79 Å². The largest absolute Gasteiger partial charge is 0.445 e. The first-order valence-electron chi connectivity index (χ1n) is 9.58. The number of amides is 1. The van der Waals surface area contributed by atoms with Crippen LogP contribution in [0.25, 0.3) is 0 Å². The molecule has 3 fully saturated rings. The molecule has 1 saturated heterocycles. The fourth-order valence-corrected chi connectivity index (χ4v) is 5.08. The van der Waals surface area contributed by atoms with E-state index in [2.05, 4.69) is 10.2 Å². The molecule has 1 heterocycles. The van der Waals surface area contributed by atoms with Crippen LogP contribution in [0.1, 0.15) is 44.9 Å². The lowest BCUT2D eigenvalue weighted by molar-refractivity contribution is -0.0139. The second-order valence-electron chi connectivity index (χ2n) is 7.60. The highest BCUT2D eigenvalue weighted by atomic mass is 16.6. The zero-order chi connectivity index (χ0) is 16.4. The molecule has 2 bridgehead atoms. The van der Waals surface area contributed by atoms with Crippen LogP contribution in [0.4, 0.5) is 10.5 Å². The molecule has 3 aliphatic rings. The van der Waals surface area contributed by atoms with E-state index in [1.807, 2.05) is 30.3 Å². The molecule has 1 aliphatic heterocycles. The standard InChI is InChI=1S/C20H28N2O2/c23-20(21-16-7-3-1-4-8-16)24-19-15-9-11-17(19)18(12-10-15)22-13-5-2-6-14-22/h1,3-4,7-8,15,17-19H,2,5-6,9-14H2,(H,21,23)/t15-,17-,18+,19-/m1/s1. The summed E-state index contributed by atoms with van der Waals surface area (Å²) in [7, 11) is 0. The third-order valence-corrected chi connectivity index (χ3v) is 6.21. The number of carbonyl (C=O) groups excluding carboxylic acids is 1. The van der Waals surface area contributed by atoms with Gasteiger partial charge in [-0.3, -0.25) is 10.2 Å². The van der Waals surface area contributed by atoms with Crippen molar-refractivity contribution in [3.8, 4) is 0 Å². The van der Waals surface area contributed by atoms with Gasteiger partial charge >= 0.3 is 6.09 Å². The first-order chi connectivity index (χ1) is 11.8. The molecule has 1 N–H and O–H groups in total. The molecule has 2 aliphatic carbocycles. The highest BCUT2D eigenvalue weighted by Crippen LogP contribution is 2.46. The lowest BCUT2D eigenvalue weighted by Crippen LogP contribution is -2.50. The molecule has 0 aromatic heterocycles. The molecule has 4 heteroatoms. The van der Waals surface area contributed by atoms with Gasteiger partial charge in [-0.2, -0.15) is 0 Å². The van der Waals surface area contributed by atoms with Crippen LogP contribution >= 0.6 is 0 Å². The quantitative estimate of drug-likeness (QED) is 0.900. The maximum absolute atomic E-state index is 12.3. The molecule has 0 spiro atoms. The van der Waals surface area contributed by atoms with E-state index >= 15 is 0 Å². The van der Waals surface area contributed by atoms with Crippen molar-refractivity contribution in [3.05, 3.63) is 30.3 Å². The first-order valence-corrected chi connectivity index (χ1v) is 9.58. The summed E-state index contributed by atoms with van der Waals surface area (Å²) in [6.45, 7) is 2.46. The highest BCUT2D eigenvalue weighted by molar-refractivity contribution is 5.84. The number of fused-ring (bicyclic) bond motifs is 2. The van der Waals surface area contributed by atoms with E-state index in [-0.39, 0.29) is 12.2 Å². The Labute approximate surface area is 144 Å². The molecule has 1 aromatic rings. The number of nitrogens with one attached hydrogen (secondary N) is 1. The summed E-state index contributed by atoms with van der Waals surface area (Å²) < 4.78 is 5.93. The van der Waals surface area contributed by atoms with Crippen LogP contribution in [0.15, 0.2) is 30.3 Å². The molecule has 0 unspecified atom stereocenters. The number of ether oxygens (including phenoxy) is 1. The molecule has 24 heavy (non-hydrogen) atoms. The minimum atomic E-state index is -0.289. The van der Waals surface area contributed by atoms with Gasteiger partial charge in [0.15, 0.2) is 0 Å². The van der Waals surface area contributed by atoms with Gasteiger partial charge in [-0.15, -0.1) is 0 Å². The Morgan fingerprint density at radius 3 is 2.54 bits per heavy atom. The summed E-state index contributed by atoms with van der Waals surface area (Å²) in [5.41, 5.74) is 0.804. The van der Waals surface area contributed by atoms with Crippen molar-refractivity contribution < 1.29 is 9.53 Å². The predicted molar refractivity (Wildman–Crippen MR) is 95.0 cm³/mol. The van der Waals surface area contributed by atoms with Crippen molar-refractivity contribution in [2.45, 2.75) is 57.1 Å². The number of piperidine rings is 1. The van der Waals surface area contributed by atoms with Gasteiger partial charge in [0.25, 0.3) is 0 Å². The van der Waals surface area contributed by atoms with Crippen molar-refractivity contribution in [1.82, 2.24) is 4.90 Å². The van der Waals surface area contributed by atoms with Crippen LogP contribution in [0.3, 0.4) is 0 Å². The third-order valence-electron chi connectivity index (χ3n) is 6.21. The van der Waals surface area contributed by atoms with Crippen molar-refractivity contribution in [2.24, 2.45) is 11.8 Å². The van der Waals surface area contributed by atoms with Crippen molar-refractivity contribution in [1.29, 1.82) is 0 Å². The second kappa shape index (κ2) is 7.14. The summed E-state index contributed by atoms with van der Waals surface area (Å²) in [4.78, 5) is 15.0. The molecule has 1 aromatic carbocycles. The van der Waals surface area contributed by atoms with E-state index in [9.17, 15) is 4.79 Å². The second-order valence-corrected chi connectivity index (χ2v) is 7.60. The van der Waals surface area contributed by atoms with Crippen LogP contribution in [0.2, 0.25) is 0 Å². The number of nitrogens with zero attached hydrogens (tertiary/aromatic N) is 1. The number of likely N-dealkylation sites (tertiary alicyclic amines) is 1. The normalized spacial score (nSPS) is 33.2. The van der Waals surface area contributed by atoms with Gasteiger partial charge in [-0.05, 0) is 69.7 Å². The minimum Gasteiger partial charge on any atom is -0.445 e. The monoisotopic (exact) mass is 328 g/mol. The molecule has 1 amide bonds. The molecule has 4 rings (SSSR count). The molecule has 4 atom stereocenters. The van der Waals surface area contributed by atoms with Gasteiger partial charge in [0.05, 0.1) is 0 Å². The Morgan fingerprint density at radius 1 is 1.00 bits per heavy atom. The Morgan fingerprint density at radius 2 is 1.75 bits per heavy atom. The van der Waals surface area contributed by atoms with Crippen molar-refractivity contribution in [2.75, 3.05) is 18.4 Å². The van der Waals surface area contributed by atoms with Gasteiger partial charge < -0.3 is 4.74 Å². The number of rotatable bonds is 3. The first kappa shape index (κ1) is 15.9. The maximum Gasteiger partial charge on any atom is 0.411 e. The lowest BCUT2D eigenvalue weighted by atomic mass is 9.81. The Bertz CT molecular complexity index is 556. The SMILES string of the molecule is O=C(Nc1ccccc1)O[C@@H]1[C@@H]2CC[C@@H]1[C@@H](N1CCCCC1)CC2. The molecular formula is C20H28N2O2. The molecular weight excluding hydrogens is 300 g/mol. The zero-order valence-electron chi connectivity index (χ0n) is 14.3. The zero-order valence-corrected chi connectivity index (χ0v) is 14.3. The summed E-state index contributed by atoms with van der Waals surface area (Å²) in [6.07, 6.45) is 8.77. The summed E-state index contributed by atoms with van der Waals surface area (Å²) in [6, 6.07) is 10.2. The van der Waals surface area contributed by atoms with E-state index in [4.69, 9.17) is 4.74 Å². The molecule has 4 nitrogen and oxygen atoms in total. The average molecular weight is 328 g/mol. The highest BCUT2D eigenvalue weighted by Gasteiger charge is 2.48. The van der Waals surface area contributed by atoms with E-state index in [1.54, 1.807) is 0 Å². The molecule has 2 saturated carbocycles.